The smallest absolute Gasteiger partial charge is 0.326 e. The summed E-state index contributed by atoms with van der Waals surface area (Å²) < 4.78 is 0. The molecule has 3 rings (SSSR count). The number of nitrogens with one attached hydrogen (secondary N) is 3. The fraction of sp³-hybridized carbons (Fsp3) is 0.350. The number of hydrogen-bond donors (Lipinski definition) is 3. The molecule has 1 aliphatic heterocycles. The predicted octanol–water partition coefficient (Wildman–Crippen LogP) is 0.737. The summed E-state index contributed by atoms with van der Waals surface area (Å²) in [6.07, 6.45) is 1.11. The van der Waals surface area contributed by atoms with Crippen LogP contribution in [0.15, 0.2) is 47.2 Å². The van der Waals surface area contributed by atoms with Crippen LogP contribution in [-0.2, 0) is 22.6 Å². The summed E-state index contributed by atoms with van der Waals surface area (Å²) in [6, 6.07) is 11.2. The number of quaternary nitrogens is 1. The van der Waals surface area contributed by atoms with Gasteiger partial charge in [0.05, 0.1) is 7.05 Å². The zero-order valence-electron chi connectivity index (χ0n) is 16.0. The van der Waals surface area contributed by atoms with Gasteiger partial charge in [0.2, 0.25) is 0 Å². The highest BCUT2D eigenvalue weighted by Crippen LogP contribution is 2.22. The number of benzene rings is 1. The average Bonchev–Trinajstić information content (AvgIpc) is 3.23. The maximum Gasteiger partial charge on any atom is 0.344 e. The van der Waals surface area contributed by atoms with Gasteiger partial charge in [-0.25, -0.2) is 4.79 Å². The lowest BCUT2D eigenvalue weighted by molar-refractivity contribution is -0.885. The average molecular weight is 402 g/mol. The van der Waals surface area contributed by atoms with E-state index in [2.05, 4.69) is 10.7 Å². The van der Waals surface area contributed by atoms with Crippen molar-refractivity contribution in [2.24, 2.45) is 0 Å². The Kier molecular flexibility index (Phi) is 6.11. The summed E-state index contributed by atoms with van der Waals surface area (Å²) in [5, 5.41) is 7.55. The van der Waals surface area contributed by atoms with Gasteiger partial charge in [-0.15, -0.1) is 0 Å². The van der Waals surface area contributed by atoms with Crippen LogP contribution >= 0.6 is 11.3 Å². The lowest BCUT2D eigenvalue weighted by Gasteiger charge is -2.22. The van der Waals surface area contributed by atoms with Crippen molar-refractivity contribution >= 4 is 29.2 Å². The Morgan fingerprint density at radius 2 is 1.96 bits per heavy atom. The van der Waals surface area contributed by atoms with E-state index in [1.54, 1.807) is 18.3 Å². The molecule has 2 aromatic rings. The van der Waals surface area contributed by atoms with Gasteiger partial charge in [0.1, 0.15) is 12.1 Å². The molecular weight excluding hydrogens is 376 g/mol. The molecule has 2 heterocycles. The number of nitrogens with zero attached hydrogens (tertiary/aromatic N) is 1. The van der Waals surface area contributed by atoms with E-state index in [1.807, 2.05) is 54.2 Å². The molecule has 1 unspecified atom stereocenters. The molecule has 0 radical (unpaired) electrons. The summed E-state index contributed by atoms with van der Waals surface area (Å²) in [5.74, 6) is -0.805. The topological polar surface area (TPSA) is 82.9 Å². The molecule has 1 aliphatic rings. The quantitative estimate of drug-likeness (QED) is 0.571. The van der Waals surface area contributed by atoms with E-state index in [0.29, 0.717) is 19.4 Å². The Hall–Kier alpha value is -2.71. The summed E-state index contributed by atoms with van der Waals surface area (Å²) in [6.45, 7) is 2.55. The molecule has 28 heavy (non-hydrogen) atoms. The lowest BCUT2D eigenvalue weighted by atomic mass is 9.93. The Morgan fingerprint density at radius 3 is 2.64 bits per heavy atom. The van der Waals surface area contributed by atoms with E-state index >= 15 is 0 Å². The highest BCUT2D eigenvalue weighted by atomic mass is 32.1. The van der Waals surface area contributed by atoms with Gasteiger partial charge in [0.15, 0.2) is 6.54 Å². The molecule has 0 bridgehead atoms. The maximum atomic E-state index is 12.8. The van der Waals surface area contributed by atoms with Gasteiger partial charge in [0, 0.05) is 5.56 Å². The number of hydrazine groups is 1. The van der Waals surface area contributed by atoms with Crippen molar-refractivity contribution < 1.29 is 19.3 Å². The van der Waals surface area contributed by atoms with Gasteiger partial charge in [-0.05, 0) is 42.2 Å². The second-order valence-electron chi connectivity index (χ2n) is 7.37. The minimum Gasteiger partial charge on any atom is -0.326 e. The molecular formula is C20H25N4O3S+. The lowest BCUT2D eigenvalue weighted by Crippen LogP contribution is -3.09. The maximum absolute atomic E-state index is 12.8. The van der Waals surface area contributed by atoms with Crippen molar-refractivity contribution in [1.82, 2.24) is 15.8 Å². The van der Waals surface area contributed by atoms with Crippen LogP contribution in [0.4, 0.5) is 4.79 Å². The van der Waals surface area contributed by atoms with E-state index in [9.17, 15) is 14.4 Å². The summed E-state index contributed by atoms with van der Waals surface area (Å²) in [5.41, 5.74) is 3.67. The first-order valence-corrected chi connectivity index (χ1v) is 10.1. The van der Waals surface area contributed by atoms with Crippen LogP contribution in [0.3, 0.4) is 0 Å². The number of rotatable bonds is 8. The van der Waals surface area contributed by atoms with Crippen LogP contribution in [0, 0.1) is 0 Å². The van der Waals surface area contributed by atoms with E-state index < -0.39 is 17.5 Å². The van der Waals surface area contributed by atoms with Crippen molar-refractivity contribution in [2.75, 3.05) is 13.6 Å². The third-order valence-corrected chi connectivity index (χ3v) is 5.53. The Bertz CT molecular complexity index is 840. The number of thiophene rings is 1. The first-order chi connectivity index (χ1) is 13.4. The van der Waals surface area contributed by atoms with Crippen LogP contribution in [0.25, 0.3) is 0 Å². The van der Waals surface area contributed by atoms with Gasteiger partial charge in [-0.2, -0.15) is 16.3 Å². The molecule has 4 amide bonds. The highest BCUT2D eigenvalue weighted by molar-refractivity contribution is 7.07. The second kappa shape index (κ2) is 8.53. The summed E-state index contributed by atoms with van der Waals surface area (Å²) >= 11 is 1.61. The molecule has 7 nitrogen and oxygen atoms in total. The van der Waals surface area contributed by atoms with Crippen LogP contribution in [-0.4, -0.2) is 42.0 Å². The van der Waals surface area contributed by atoms with E-state index in [-0.39, 0.29) is 12.5 Å². The van der Waals surface area contributed by atoms with Crippen LogP contribution in [0.1, 0.15) is 24.5 Å². The molecule has 148 valence electrons. The largest absolute Gasteiger partial charge is 0.344 e. The molecule has 0 aliphatic carbocycles. The minimum absolute atomic E-state index is 0.160. The monoisotopic (exact) mass is 401 g/mol. The standard InChI is InChI=1S/C20H24N4O3S/c1-20(10-8-15-6-4-3-5-7-15)18(26)24(19(27)21-20)22-17(25)13-23(2)12-16-9-11-28-14-16/h3-7,9,11,14H,8,10,12-13H2,1-2H3,(H,21,27)(H,22,25)/p+1/t20-/m1/s1. The third-order valence-electron chi connectivity index (χ3n) is 4.80. The van der Waals surface area contributed by atoms with Gasteiger partial charge in [-0.3, -0.25) is 15.0 Å². The summed E-state index contributed by atoms with van der Waals surface area (Å²) in [4.78, 5) is 38.3. The molecule has 2 atom stereocenters. The van der Waals surface area contributed by atoms with Gasteiger partial charge >= 0.3 is 6.03 Å². The SMILES string of the molecule is C[NH+](CC(=O)NN1C(=O)N[C@](C)(CCc2ccccc2)C1=O)Cc1ccsc1. The Morgan fingerprint density at radius 1 is 1.21 bits per heavy atom. The van der Waals surface area contributed by atoms with Crippen molar-refractivity contribution in [1.29, 1.82) is 0 Å². The van der Waals surface area contributed by atoms with E-state index in [4.69, 9.17) is 0 Å². The predicted molar refractivity (Wildman–Crippen MR) is 106 cm³/mol. The number of carbonyl (C=O) groups excluding carboxylic acids is 3. The van der Waals surface area contributed by atoms with Crippen molar-refractivity contribution in [3.8, 4) is 0 Å². The second-order valence-corrected chi connectivity index (χ2v) is 8.15. The van der Waals surface area contributed by atoms with Gasteiger partial charge in [-0.1, -0.05) is 30.3 Å². The first-order valence-electron chi connectivity index (χ1n) is 9.20. The zero-order chi connectivity index (χ0) is 20.1. The number of imide groups is 1. The fourth-order valence-corrected chi connectivity index (χ4v) is 3.91. The first kappa shape index (κ1) is 20.0. The van der Waals surface area contributed by atoms with Crippen molar-refractivity contribution in [3.63, 3.8) is 0 Å². The fourth-order valence-electron chi connectivity index (χ4n) is 3.24. The van der Waals surface area contributed by atoms with Crippen LogP contribution in [0.5, 0.6) is 0 Å². The van der Waals surface area contributed by atoms with Gasteiger partial charge in [0.25, 0.3) is 11.8 Å². The summed E-state index contributed by atoms with van der Waals surface area (Å²) in [7, 11) is 1.90. The number of likely N-dealkylation sites (N-methyl/N-ethyl adjacent to an activating group) is 1. The zero-order valence-corrected chi connectivity index (χ0v) is 16.8. The molecule has 8 heteroatoms. The minimum atomic E-state index is -1.03. The number of hydrogen-bond acceptors (Lipinski definition) is 4. The normalized spacial score (nSPS) is 20.1. The van der Waals surface area contributed by atoms with Crippen LogP contribution < -0.4 is 15.6 Å². The molecule has 1 aromatic carbocycles. The van der Waals surface area contributed by atoms with Gasteiger partial charge < -0.3 is 10.2 Å². The van der Waals surface area contributed by atoms with E-state index in [0.717, 1.165) is 21.0 Å². The van der Waals surface area contributed by atoms with Crippen molar-refractivity contribution in [3.05, 3.63) is 58.3 Å². The van der Waals surface area contributed by atoms with E-state index in [1.165, 1.54) is 0 Å². The number of carbonyl (C=O) groups is 3. The molecule has 1 saturated heterocycles. The Labute approximate surface area is 168 Å². The van der Waals surface area contributed by atoms with Crippen molar-refractivity contribution in [2.45, 2.75) is 31.8 Å². The molecule has 1 fully saturated rings. The van der Waals surface area contributed by atoms with Crippen LogP contribution in [0.2, 0.25) is 0 Å². The number of urea groups is 1. The Balaban J connectivity index is 1.54. The molecule has 1 aromatic heterocycles. The molecule has 0 spiro atoms. The highest BCUT2D eigenvalue weighted by Gasteiger charge is 2.48. The molecule has 3 N–H and O–H groups in total. The number of aryl methyl sites for hydroxylation is 1. The third kappa shape index (κ3) is 4.76. The molecule has 0 saturated carbocycles. The number of amides is 4.